The molecule has 1 amide bonds. The third-order valence-electron chi connectivity index (χ3n) is 5.30. The van der Waals surface area contributed by atoms with Gasteiger partial charge >= 0.3 is 0 Å². The molecule has 1 N–H and O–H groups in total. The van der Waals surface area contributed by atoms with Gasteiger partial charge in [-0.25, -0.2) is 0 Å². The standard InChI is InChI=1S/C22H24N4O/c1-4-25-11-9-17-7-8-18(13-21(17)25)24-22(27)20-12-15(2)26(16(20)3)19-6-5-10-23-14-19/h5-8,10,12-14H,4,9,11H2,1-3H3,(H,24,27). The van der Waals surface area contributed by atoms with E-state index in [1.165, 1.54) is 11.3 Å². The molecule has 0 bridgehead atoms. The van der Waals surface area contributed by atoms with E-state index in [2.05, 4.69) is 38.8 Å². The summed E-state index contributed by atoms with van der Waals surface area (Å²) in [5.74, 6) is -0.0840. The quantitative estimate of drug-likeness (QED) is 0.761. The summed E-state index contributed by atoms with van der Waals surface area (Å²) in [6, 6.07) is 12.0. The third kappa shape index (κ3) is 3.10. The summed E-state index contributed by atoms with van der Waals surface area (Å²) in [6.45, 7) is 8.17. The fourth-order valence-corrected chi connectivity index (χ4v) is 3.93. The van der Waals surface area contributed by atoms with E-state index in [-0.39, 0.29) is 5.91 Å². The van der Waals surface area contributed by atoms with Gasteiger partial charge in [0.05, 0.1) is 17.4 Å². The summed E-state index contributed by atoms with van der Waals surface area (Å²) < 4.78 is 2.06. The number of pyridine rings is 1. The largest absolute Gasteiger partial charge is 0.371 e. The lowest BCUT2D eigenvalue weighted by molar-refractivity contribution is 0.102. The number of likely N-dealkylation sites (N-methyl/N-ethyl adjacent to an activating group) is 1. The molecule has 0 saturated carbocycles. The highest BCUT2D eigenvalue weighted by Crippen LogP contribution is 2.31. The molecule has 0 aliphatic carbocycles. The molecule has 5 heteroatoms. The molecule has 1 aliphatic rings. The van der Waals surface area contributed by atoms with Crippen molar-refractivity contribution in [1.82, 2.24) is 9.55 Å². The number of fused-ring (bicyclic) bond motifs is 1. The number of hydrogen-bond acceptors (Lipinski definition) is 3. The summed E-state index contributed by atoms with van der Waals surface area (Å²) in [5, 5.41) is 3.07. The monoisotopic (exact) mass is 360 g/mol. The number of rotatable bonds is 4. The van der Waals surface area contributed by atoms with Gasteiger partial charge in [-0.3, -0.25) is 9.78 Å². The van der Waals surface area contributed by atoms with Crippen LogP contribution >= 0.6 is 0 Å². The number of hydrogen-bond donors (Lipinski definition) is 1. The second-order valence-corrected chi connectivity index (χ2v) is 6.96. The van der Waals surface area contributed by atoms with Crippen molar-refractivity contribution in [2.75, 3.05) is 23.3 Å². The Balaban J connectivity index is 1.62. The van der Waals surface area contributed by atoms with Crippen LogP contribution < -0.4 is 10.2 Å². The van der Waals surface area contributed by atoms with Crippen molar-refractivity contribution in [3.05, 3.63) is 71.3 Å². The topological polar surface area (TPSA) is 50.2 Å². The lowest BCUT2D eigenvalue weighted by Crippen LogP contribution is -2.19. The van der Waals surface area contributed by atoms with E-state index in [0.29, 0.717) is 5.56 Å². The molecule has 0 atom stereocenters. The summed E-state index contributed by atoms with van der Waals surface area (Å²) in [5.41, 5.74) is 6.99. The van der Waals surface area contributed by atoms with Crippen LogP contribution in [0.5, 0.6) is 0 Å². The molecule has 5 nitrogen and oxygen atoms in total. The maximum Gasteiger partial charge on any atom is 0.257 e. The molecular weight excluding hydrogens is 336 g/mol. The third-order valence-corrected chi connectivity index (χ3v) is 5.30. The van der Waals surface area contributed by atoms with Crippen LogP contribution in [0.2, 0.25) is 0 Å². The second kappa shape index (κ2) is 6.91. The molecule has 0 fully saturated rings. The van der Waals surface area contributed by atoms with Crippen LogP contribution in [0.3, 0.4) is 0 Å². The highest BCUT2D eigenvalue weighted by atomic mass is 16.1. The van der Waals surface area contributed by atoms with E-state index in [0.717, 1.165) is 42.3 Å². The van der Waals surface area contributed by atoms with Crippen LogP contribution in [0.1, 0.15) is 34.2 Å². The van der Waals surface area contributed by atoms with Gasteiger partial charge in [-0.05, 0) is 63.1 Å². The summed E-state index contributed by atoms with van der Waals surface area (Å²) in [6.07, 6.45) is 4.63. The fraction of sp³-hybridized carbons (Fsp3) is 0.273. The SMILES string of the molecule is CCN1CCc2ccc(NC(=O)c3cc(C)n(-c4cccnc4)c3C)cc21. The number of nitrogens with one attached hydrogen (secondary N) is 1. The van der Waals surface area contributed by atoms with Crippen molar-refractivity contribution in [1.29, 1.82) is 0 Å². The zero-order valence-corrected chi connectivity index (χ0v) is 16.0. The van der Waals surface area contributed by atoms with E-state index < -0.39 is 0 Å². The van der Waals surface area contributed by atoms with Gasteiger partial charge in [-0.1, -0.05) is 6.07 Å². The maximum absolute atomic E-state index is 12.9. The molecule has 3 aromatic rings. The highest BCUT2D eigenvalue weighted by molar-refractivity contribution is 6.05. The number of aryl methyl sites for hydroxylation is 1. The lowest BCUT2D eigenvalue weighted by Gasteiger charge is -2.17. The van der Waals surface area contributed by atoms with Crippen molar-refractivity contribution in [3.8, 4) is 5.69 Å². The Kier molecular flexibility index (Phi) is 4.44. The van der Waals surface area contributed by atoms with Crippen LogP contribution in [-0.2, 0) is 6.42 Å². The molecule has 138 valence electrons. The van der Waals surface area contributed by atoms with Crippen molar-refractivity contribution in [2.45, 2.75) is 27.2 Å². The zero-order chi connectivity index (χ0) is 19.0. The normalized spacial score (nSPS) is 12.9. The minimum atomic E-state index is -0.0840. The Labute approximate surface area is 159 Å². The van der Waals surface area contributed by atoms with Crippen LogP contribution in [0.4, 0.5) is 11.4 Å². The molecule has 0 saturated heterocycles. The minimum absolute atomic E-state index is 0.0840. The van der Waals surface area contributed by atoms with Crippen LogP contribution in [0.25, 0.3) is 5.69 Å². The number of carbonyl (C=O) groups is 1. The average molecular weight is 360 g/mol. The molecule has 27 heavy (non-hydrogen) atoms. The predicted molar refractivity (Wildman–Crippen MR) is 109 cm³/mol. The molecule has 1 aromatic carbocycles. The Morgan fingerprint density at radius 2 is 2.07 bits per heavy atom. The lowest BCUT2D eigenvalue weighted by atomic mass is 10.1. The number of nitrogens with zero attached hydrogens (tertiary/aromatic N) is 3. The number of aromatic nitrogens is 2. The maximum atomic E-state index is 12.9. The Morgan fingerprint density at radius 1 is 1.22 bits per heavy atom. The van der Waals surface area contributed by atoms with E-state index in [1.54, 1.807) is 6.20 Å². The summed E-state index contributed by atoms with van der Waals surface area (Å²) in [7, 11) is 0. The van der Waals surface area contributed by atoms with Crippen LogP contribution in [0.15, 0.2) is 48.8 Å². The van der Waals surface area contributed by atoms with E-state index >= 15 is 0 Å². The Hall–Kier alpha value is -3.08. The Bertz CT molecular complexity index is 991. The molecule has 0 spiro atoms. The average Bonchev–Trinajstić information content (AvgIpc) is 3.22. The van der Waals surface area contributed by atoms with Crippen LogP contribution in [0, 0.1) is 13.8 Å². The first kappa shape index (κ1) is 17.3. The van der Waals surface area contributed by atoms with Crippen molar-refractivity contribution < 1.29 is 4.79 Å². The highest BCUT2D eigenvalue weighted by Gasteiger charge is 2.20. The van der Waals surface area contributed by atoms with Crippen LogP contribution in [-0.4, -0.2) is 28.5 Å². The molecule has 0 unspecified atom stereocenters. The van der Waals surface area contributed by atoms with Gasteiger partial charge in [0.1, 0.15) is 0 Å². The molecule has 2 aromatic heterocycles. The molecule has 4 rings (SSSR count). The molecule has 3 heterocycles. The van der Waals surface area contributed by atoms with E-state index in [1.807, 2.05) is 44.3 Å². The van der Waals surface area contributed by atoms with Gasteiger partial charge in [0.25, 0.3) is 5.91 Å². The van der Waals surface area contributed by atoms with Gasteiger partial charge in [-0.2, -0.15) is 0 Å². The van der Waals surface area contributed by atoms with Crippen molar-refractivity contribution in [3.63, 3.8) is 0 Å². The van der Waals surface area contributed by atoms with Crippen molar-refractivity contribution in [2.24, 2.45) is 0 Å². The van der Waals surface area contributed by atoms with E-state index in [9.17, 15) is 4.79 Å². The first-order valence-electron chi connectivity index (χ1n) is 9.37. The smallest absolute Gasteiger partial charge is 0.257 e. The van der Waals surface area contributed by atoms with Gasteiger partial charge in [0, 0.05) is 42.0 Å². The molecule has 0 radical (unpaired) electrons. The van der Waals surface area contributed by atoms with Gasteiger partial charge in [0.15, 0.2) is 0 Å². The number of amides is 1. The predicted octanol–water partition coefficient (Wildman–Crippen LogP) is 4.12. The summed E-state index contributed by atoms with van der Waals surface area (Å²) in [4.78, 5) is 19.5. The fourth-order valence-electron chi connectivity index (χ4n) is 3.93. The minimum Gasteiger partial charge on any atom is -0.371 e. The number of anilines is 2. The second-order valence-electron chi connectivity index (χ2n) is 6.96. The van der Waals surface area contributed by atoms with Gasteiger partial charge in [-0.15, -0.1) is 0 Å². The molecular formula is C22H24N4O. The zero-order valence-electron chi connectivity index (χ0n) is 16.0. The molecule has 1 aliphatic heterocycles. The number of carbonyl (C=O) groups excluding carboxylic acids is 1. The Morgan fingerprint density at radius 3 is 2.81 bits per heavy atom. The first-order chi connectivity index (χ1) is 13.1. The van der Waals surface area contributed by atoms with Gasteiger partial charge < -0.3 is 14.8 Å². The number of benzene rings is 1. The summed E-state index contributed by atoms with van der Waals surface area (Å²) >= 11 is 0. The van der Waals surface area contributed by atoms with Gasteiger partial charge in [0.2, 0.25) is 0 Å². The van der Waals surface area contributed by atoms with Crippen molar-refractivity contribution >= 4 is 17.3 Å². The first-order valence-corrected chi connectivity index (χ1v) is 9.37. The van der Waals surface area contributed by atoms with E-state index in [4.69, 9.17) is 0 Å².